The van der Waals surface area contributed by atoms with E-state index in [0.717, 1.165) is 0 Å². The lowest BCUT2D eigenvalue weighted by Crippen LogP contribution is -2.01. The highest BCUT2D eigenvalue weighted by molar-refractivity contribution is 5.95. The molecular weight excluding hydrogens is 185 g/mol. The van der Waals surface area contributed by atoms with E-state index in [0.29, 0.717) is 5.75 Å². The van der Waals surface area contributed by atoms with Crippen LogP contribution < -0.4 is 4.74 Å². The highest BCUT2D eigenvalue weighted by atomic mass is 19.1. The van der Waals surface area contributed by atoms with E-state index in [4.69, 9.17) is 10.00 Å². The van der Waals surface area contributed by atoms with Gasteiger partial charge < -0.3 is 4.74 Å². The summed E-state index contributed by atoms with van der Waals surface area (Å²) in [6, 6.07) is 4.19. The van der Waals surface area contributed by atoms with E-state index in [1.165, 1.54) is 26.2 Å². The zero-order chi connectivity index (χ0) is 10.7. The van der Waals surface area contributed by atoms with Gasteiger partial charge in [0.05, 0.1) is 18.2 Å². The summed E-state index contributed by atoms with van der Waals surface area (Å²) >= 11 is 0. The van der Waals surface area contributed by atoms with E-state index in [1.54, 1.807) is 6.07 Å². The van der Waals surface area contributed by atoms with Gasteiger partial charge in [0.2, 0.25) is 0 Å². The summed E-state index contributed by atoms with van der Waals surface area (Å²) in [6.45, 7) is 1.24. The van der Waals surface area contributed by atoms with Gasteiger partial charge in [-0.2, -0.15) is 5.26 Å². The van der Waals surface area contributed by atoms with Crippen LogP contribution in [0.3, 0.4) is 0 Å². The van der Waals surface area contributed by atoms with Gasteiger partial charge in [0.15, 0.2) is 11.6 Å². The molecule has 72 valence electrons. The molecule has 0 fully saturated rings. The maximum absolute atomic E-state index is 13.3. The highest BCUT2D eigenvalue weighted by Gasteiger charge is 2.14. The van der Waals surface area contributed by atoms with E-state index < -0.39 is 11.6 Å². The van der Waals surface area contributed by atoms with Crippen LogP contribution in [0.2, 0.25) is 0 Å². The summed E-state index contributed by atoms with van der Waals surface area (Å²) in [5, 5.41) is 8.59. The molecule has 3 nitrogen and oxygen atoms in total. The van der Waals surface area contributed by atoms with Crippen molar-refractivity contribution in [2.24, 2.45) is 0 Å². The molecule has 1 aromatic carbocycles. The molecule has 0 amide bonds. The predicted molar refractivity (Wildman–Crippen MR) is 47.7 cm³/mol. The Morgan fingerprint density at radius 3 is 2.64 bits per heavy atom. The number of carbonyl (C=O) groups excluding carboxylic acids is 1. The maximum Gasteiger partial charge on any atom is 0.162 e. The molecule has 0 aliphatic carbocycles. The molecule has 0 saturated heterocycles. The molecule has 0 aromatic heterocycles. The van der Waals surface area contributed by atoms with Crippen molar-refractivity contribution in [2.75, 3.05) is 7.11 Å². The van der Waals surface area contributed by atoms with Gasteiger partial charge in [0.1, 0.15) is 11.8 Å². The first-order valence-corrected chi connectivity index (χ1v) is 3.88. The number of hydrogen-bond acceptors (Lipinski definition) is 3. The molecule has 0 aliphatic heterocycles. The van der Waals surface area contributed by atoms with Crippen LogP contribution in [0.25, 0.3) is 0 Å². The highest BCUT2D eigenvalue weighted by Crippen LogP contribution is 2.21. The summed E-state index contributed by atoms with van der Waals surface area (Å²) < 4.78 is 18.2. The Balaban J connectivity index is 3.44. The number of hydrogen-bond donors (Lipinski definition) is 0. The van der Waals surface area contributed by atoms with Gasteiger partial charge in [0.25, 0.3) is 0 Å². The Morgan fingerprint density at radius 1 is 1.57 bits per heavy atom. The number of benzene rings is 1. The van der Waals surface area contributed by atoms with Crippen molar-refractivity contribution in [1.29, 1.82) is 5.26 Å². The molecule has 0 radical (unpaired) electrons. The first kappa shape index (κ1) is 10.2. The Morgan fingerprint density at radius 2 is 2.21 bits per heavy atom. The van der Waals surface area contributed by atoms with Crippen LogP contribution >= 0.6 is 0 Å². The Kier molecular flexibility index (Phi) is 2.82. The predicted octanol–water partition coefficient (Wildman–Crippen LogP) is 1.91. The van der Waals surface area contributed by atoms with Crippen LogP contribution in [0.4, 0.5) is 4.39 Å². The second-order valence-corrected chi connectivity index (χ2v) is 2.70. The average molecular weight is 193 g/mol. The lowest BCUT2D eigenvalue weighted by Gasteiger charge is -2.04. The van der Waals surface area contributed by atoms with Crippen molar-refractivity contribution in [1.82, 2.24) is 0 Å². The molecule has 0 aliphatic rings. The summed E-state index contributed by atoms with van der Waals surface area (Å²) in [5.74, 6) is -0.924. The van der Waals surface area contributed by atoms with Crippen molar-refractivity contribution in [2.45, 2.75) is 6.92 Å². The van der Waals surface area contributed by atoms with E-state index in [2.05, 4.69) is 0 Å². The van der Waals surface area contributed by atoms with Gasteiger partial charge in [-0.1, -0.05) is 0 Å². The van der Waals surface area contributed by atoms with Crippen LogP contribution in [-0.2, 0) is 0 Å². The van der Waals surface area contributed by atoms with Gasteiger partial charge in [-0.25, -0.2) is 4.39 Å². The van der Waals surface area contributed by atoms with Crippen molar-refractivity contribution in [3.63, 3.8) is 0 Å². The SMILES string of the molecule is COc1cc(C#N)c(F)c(C(C)=O)c1. The molecule has 0 spiro atoms. The molecular formula is C10H8FNO2. The molecule has 4 heteroatoms. The van der Waals surface area contributed by atoms with Crippen LogP contribution in [0.5, 0.6) is 5.75 Å². The van der Waals surface area contributed by atoms with Gasteiger partial charge >= 0.3 is 0 Å². The molecule has 0 bridgehead atoms. The fourth-order valence-corrected chi connectivity index (χ4v) is 1.05. The summed E-state index contributed by atoms with van der Waals surface area (Å²) in [7, 11) is 1.39. The summed E-state index contributed by atoms with van der Waals surface area (Å²) in [6.07, 6.45) is 0. The number of halogens is 1. The van der Waals surface area contributed by atoms with Gasteiger partial charge in [-0.3, -0.25) is 4.79 Å². The number of rotatable bonds is 2. The maximum atomic E-state index is 13.3. The normalized spacial score (nSPS) is 9.29. The minimum absolute atomic E-state index is 0.124. The fraction of sp³-hybridized carbons (Fsp3) is 0.200. The number of Topliss-reactive ketones (excluding diaryl/α,β-unsaturated/α-hetero) is 1. The summed E-state index contributed by atoms with van der Waals surface area (Å²) in [4.78, 5) is 11.0. The summed E-state index contributed by atoms with van der Waals surface area (Å²) in [5.41, 5.74) is -0.310. The Labute approximate surface area is 80.7 Å². The number of nitriles is 1. The van der Waals surface area contributed by atoms with Crippen LogP contribution in [-0.4, -0.2) is 12.9 Å². The third kappa shape index (κ3) is 1.72. The van der Waals surface area contributed by atoms with Crippen molar-refractivity contribution < 1.29 is 13.9 Å². The first-order valence-electron chi connectivity index (χ1n) is 3.88. The molecule has 1 rings (SSSR count). The second kappa shape index (κ2) is 3.88. The van der Waals surface area contributed by atoms with Crippen LogP contribution in [0.1, 0.15) is 22.8 Å². The van der Waals surface area contributed by atoms with Crippen LogP contribution in [0, 0.1) is 17.1 Å². The third-order valence-electron chi connectivity index (χ3n) is 1.78. The lowest BCUT2D eigenvalue weighted by molar-refractivity contribution is 0.101. The first-order chi connectivity index (χ1) is 6.60. The van der Waals surface area contributed by atoms with Gasteiger partial charge in [-0.05, 0) is 13.0 Å². The standard InChI is InChI=1S/C10H8FNO2/c1-6(13)9-4-8(14-2)3-7(5-12)10(9)11/h3-4H,1-2H3. The zero-order valence-corrected chi connectivity index (χ0v) is 7.80. The molecule has 0 saturated carbocycles. The second-order valence-electron chi connectivity index (χ2n) is 2.70. The average Bonchev–Trinajstić information content (AvgIpc) is 2.17. The number of carbonyl (C=O) groups is 1. The molecule has 14 heavy (non-hydrogen) atoms. The van der Waals surface area contributed by atoms with E-state index in [1.807, 2.05) is 0 Å². The molecule has 0 atom stereocenters. The largest absolute Gasteiger partial charge is 0.497 e. The quantitative estimate of drug-likeness (QED) is 0.674. The van der Waals surface area contributed by atoms with Gasteiger partial charge in [0, 0.05) is 6.07 Å². The Hall–Kier alpha value is -1.89. The van der Waals surface area contributed by atoms with E-state index in [9.17, 15) is 9.18 Å². The fourth-order valence-electron chi connectivity index (χ4n) is 1.05. The van der Waals surface area contributed by atoms with E-state index in [-0.39, 0.29) is 11.1 Å². The van der Waals surface area contributed by atoms with Crippen molar-refractivity contribution in [3.05, 3.63) is 29.1 Å². The molecule has 0 heterocycles. The topological polar surface area (TPSA) is 50.1 Å². The van der Waals surface area contributed by atoms with Gasteiger partial charge in [-0.15, -0.1) is 0 Å². The molecule has 1 aromatic rings. The van der Waals surface area contributed by atoms with Crippen LogP contribution in [0.15, 0.2) is 12.1 Å². The number of ketones is 1. The molecule has 0 N–H and O–H groups in total. The lowest BCUT2D eigenvalue weighted by atomic mass is 10.1. The Bertz CT molecular complexity index is 421. The minimum Gasteiger partial charge on any atom is -0.497 e. The number of ether oxygens (including phenoxy) is 1. The van der Waals surface area contributed by atoms with Crippen molar-refractivity contribution >= 4 is 5.78 Å². The van der Waals surface area contributed by atoms with E-state index >= 15 is 0 Å². The third-order valence-corrected chi connectivity index (χ3v) is 1.78. The smallest absolute Gasteiger partial charge is 0.162 e. The monoisotopic (exact) mass is 193 g/mol. The van der Waals surface area contributed by atoms with Crippen molar-refractivity contribution in [3.8, 4) is 11.8 Å². The zero-order valence-electron chi connectivity index (χ0n) is 7.80. The number of nitrogens with zero attached hydrogens (tertiary/aromatic N) is 1. The molecule has 0 unspecified atom stereocenters. The number of methoxy groups -OCH3 is 1. The minimum atomic E-state index is -0.791.